The molecule has 0 unspecified atom stereocenters. The Kier molecular flexibility index (Phi) is 4.37. The summed E-state index contributed by atoms with van der Waals surface area (Å²) in [7, 11) is 1.45. The molecule has 2 heterocycles. The molecule has 0 bridgehead atoms. The molecule has 4 rings (SSSR count). The molecule has 2 aromatic heterocycles. The number of thiophene rings is 1. The van der Waals surface area contributed by atoms with Gasteiger partial charge in [-0.15, -0.1) is 11.3 Å². The lowest BCUT2D eigenvalue weighted by Crippen LogP contribution is -2.08. The minimum atomic E-state index is -0.539. The summed E-state index contributed by atoms with van der Waals surface area (Å²) >= 11 is 7.43. The van der Waals surface area contributed by atoms with Gasteiger partial charge in [0.1, 0.15) is 26.5 Å². The first-order valence-electron chi connectivity index (χ1n) is 7.98. The van der Waals surface area contributed by atoms with E-state index < -0.39 is 11.4 Å². The summed E-state index contributed by atoms with van der Waals surface area (Å²) in [6, 6.07) is 13.2. The fraction of sp³-hybridized carbons (Fsp3) is 0.0500. The molecule has 7 heteroatoms. The number of halogens is 2. The number of nitrogens with one attached hydrogen (secondary N) is 1. The number of rotatable bonds is 3. The normalized spacial score (nSPS) is 11.1. The van der Waals surface area contributed by atoms with Crippen LogP contribution in [0.2, 0.25) is 4.34 Å². The van der Waals surface area contributed by atoms with E-state index in [0.717, 1.165) is 11.3 Å². The number of aromatic amines is 1. The van der Waals surface area contributed by atoms with E-state index in [1.165, 1.54) is 19.2 Å². The number of aromatic hydroxyl groups is 1. The second-order valence-electron chi connectivity index (χ2n) is 5.84. The molecule has 0 atom stereocenters. The maximum Gasteiger partial charge on any atom is 0.260 e. The van der Waals surface area contributed by atoms with Crippen LogP contribution in [0.1, 0.15) is 0 Å². The number of H-pyrrole nitrogens is 1. The Bertz CT molecular complexity index is 1220. The number of hydrogen-bond donors (Lipinski definition) is 2. The zero-order valence-corrected chi connectivity index (χ0v) is 15.6. The number of pyridine rings is 1. The Hall–Kier alpha value is -2.83. The predicted molar refractivity (Wildman–Crippen MR) is 107 cm³/mol. The zero-order chi connectivity index (χ0) is 19.1. The van der Waals surface area contributed by atoms with Gasteiger partial charge in [0.2, 0.25) is 0 Å². The van der Waals surface area contributed by atoms with Crippen LogP contribution in [0.5, 0.6) is 11.5 Å². The summed E-state index contributed by atoms with van der Waals surface area (Å²) < 4.78 is 20.0. The van der Waals surface area contributed by atoms with Gasteiger partial charge in [0.25, 0.3) is 5.56 Å². The van der Waals surface area contributed by atoms with Crippen LogP contribution < -0.4 is 10.3 Å². The van der Waals surface area contributed by atoms with Crippen molar-refractivity contribution in [2.75, 3.05) is 7.11 Å². The molecule has 0 radical (unpaired) electrons. The first-order chi connectivity index (χ1) is 13.0. The van der Waals surface area contributed by atoms with Crippen molar-refractivity contribution in [3.63, 3.8) is 0 Å². The monoisotopic (exact) mass is 401 g/mol. The molecule has 4 nitrogen and oxygen atoms in total. The van der Waals surface area contributed by atoms with Gasteiger partial charge in [0, 0.05) is 17.2 Å². The van der Waals surface area contributed by atoms with Crippen molar-refractivity contribution in [2.45, 2.75) is 0 Å². The predicted octanol–water partition coefficient (Wildman–Crippen LogP) is 5.43. The number of benzene rings is 2. The van der Waals surface area contributed by atoms with Crippen LogP contribution in [-0.2, 0) is 0 Å². The Morgan fingerprint density at radius 2 is 1.89 bits per heavy atom. The van der Waals surface area contributed by atoms with Gasteiger partial charge in [-0.2, -0.15) is 0 Å². The van der Waals surface area contributed by atoms with Crippen LogP contribution in [0.15, 0.2) is 53.3 Å². The second-order valence-corrected chi connectivity index (χ2v) is 7.47. The SMILES string of the molecule is COc1ccc(-c2c(Cl)sc3[nH]c(=O)c(-c4ccccc4)c(O)c23)c(F)c1. The van der Waals surface area contributed by atoms with E-state index in [-0.39, 0.29) is 21.2 Å². The fourth-order valence-electron chi connectivity index (χ4n) is 3.05. The highest BCUT2D eigenvalue weighted by Crippen LogP contribution is 2.47. The smallest absolute Gasteiger partial charge is 0.260 e. The van der Waals surface area contributed by atoms with Gasteiger partial charge in [-0.05, 0) is 17.7 Å². The van der Waals surface area contributed by atoms with Gasteiger partial charge in [-0.3, -0.25) is 4.79 Å². The Morgan fingerprint density at radius 1 is 1.15 bits per heavy atom. The van der Waals surface area contributed by atoms with Crippen LogP contribution in [-0.4, -0.2) is 17.2 Å². The number of ether oxygens (including phenoxy) is 1. The molecule has 2 N–H and O–H groups in total. The first-order valence-corrected chi connectivity index (χ1v) is 9.17. The highest BCUT2D eigenvalue weighted by Gasteiger charge is 2.23. The second kappa shape index (κ2) is 6.72. The summed E-state index contributed by atoms with van der Waals surface area (Å²) in [4.78, 5) is 15.6. The van der Waals surface area contributed by atoms with E-state index in [0.29, 0.717) is 27.1 Å². The summed E-state index contributed by atoms with van der Waals surface area (Å²) in [5.41, 5.74) is 0.788. The number of methoxy groups -OCH3 is 1. The molecule has 27 heavy (non-hydrogen) atoms. The summed E-state index contributed by atoms with van der Waals surface area (Å²) in [5.74, 6) is -0.398. The third-order valence-corrected chi connectivity index (χ3v) is 5.62. The molecule has 2 aromatic carbocycles. The molecule has 0 saturated heterocycles. The molecule has 136 valence electrons. The molecular formula is C20H13ClFNO3S. The highest BCUT2D eigenvalue weighted by atomic mass is 35.5. The number of fused-ring (bicyclic) bond motifs is 1. The maximum atomic E-state index is 14.7. The molecule has 0 fully saturated rings. The molecule has 0 aliphatic heterocycles. The minimum absolute atomic E-state index is 0.118. The lowest BCUT2D eigenvalue weighted by molar-refractivity contribution is 0.411. The molecule has 0 amide bonds. The molecule has 0 saturated carbocycles. The van der Waals surface area contributed by atoms with Crippen molar-refractivity contribution in [1.29, 1.82) is 0 Å². The Balaban J connectivity index is 2.06. The summed E-state index contributed by atoms with van der Waals surface area (Å²) in [6.45, 7) is 0. The van der Waals surface area contributed by atoms with Crippen LogP contribution in [0.25, 0.3) is 32.5 Å². The van der Waals surface area contributed by atoms with E-state index in [9.17, 15) is 14.3 Å². The average molecular weight is 402 g/mol. The molecule has 0 aliphatic carbocycles. The van der Waals surface area contributed by atoms with Crippen LogP contribution >= 0.6 is 22.9 Å². The first kappa shape index (κ1) is 17.6. The Morgan fingerprint density at radius 3 is 2.56 bits per heavy atom. The lowest BCUT2D eigenvalue weighted by atomic mass is 10.00. The Labute approximate surface area is 162 Å². The summed E-state index contributed by atoms with van der Waals surface area (Å²) in [6.07, 6.45) is 0. The van der Waals surface area contributed by atoms with E-state index in [1.807, 2.05) is 6.07 Å². The maximum absolute atomic E-state index is 14.7. The van der Waals surface area contributed by atoms with Crippen molar-refractivity contribution in [2.24, 2.45) is 0 Å². The quantitative estimate of drug-likeness (QED) is 0.481. The van der Waals surface area contributed by atoms with E-state index in [1.54, 1.807) is 30.3 Å². The lowest BCUT2D eigenvalue weighted by Gasteiger charge is -2.09. The van der Waals surface area contributed by atoms with E-state index >= 15 is 0 Å². The standard InChI is InChI=1S/C20H13ClFNO3S/c1-26-11-7-8-12(13(22)9-11)15-16-17(24)14(10-5-3-2-4-6-10)19(25)23-20(16)27-18(15)21/h2-9H,1H3,(H2,23,24,25). The summed E-state index contributed by atoms with van der Waals surface area (Å²) in [5, 5.41) is 11.2. The molecular weight excluding hydrogens is 389 g/mol. The van der Waals surface area contributed by atoms with E-state index in [4.69, 9.17) is 16.3 Å². The van der Waals surface area contributed by atoms with Gasteiger partial charge < -0.3 is 14.8 Å². The third kappa shape index (κ3) is 2.87. The van der Waals surface area contributed by atoms with Crippen molar-refractivity contribution < 1.29 is 14.2 Å². The molecule has 0 spiro atoms. The van der Waals surface area contributed by atoms with Gasteiger partial charge in [0.15, 0.2) is 0 Å². The minimum Gasteiger partial charge on any atom is -0.506 e. The molecule has 4 aromatic rings. The van der Waals surface area contributed by atoms with Crippen LogP contribution in [0, 0.1) is 5.82 Å². The van der Waals surface area contributed by atoms with Crippen molar-refractivity contribution >= 4 is 33.2 Å². The third-order valence-electron chi connectivity index (χ3n) is 4.30. The zero-order valence-electron chi connectivity index (χ0n) is 14.0. The fourth-order valence-corrected chi connectivity index (χ4v) is 4.42. The van der Waals surface area contributed by atoms with Gasteiger partial charge in [-0.1, -0.05) is 41.9 Å². The molecule has 0 aliphatic rings. The largest absolute Gasteiger partial charge is 0.506 e. The van der Waals surface area contributed by atoms with E-state index in [2.05, 4.69) is 4.98 Å². The average Bonchev–Trinajstić information content (AvgIpc) is 2.98. The van der Waals surface area contributed by atoms with Crippen molar-refractivity contribution in [3.05, 3.63) is 69.0 Å². The van der Waals surface area contributed by atoms with Gasteiger partial charge in [0.05, 0.1) is 18.1 Å². The van der Waals surface area contributed by atoms with Crippen LogP contribution in [0.3, 0.4) is 0 Å². The number of aromatic nitrogens is 1. The van der Waals surface area contributed by atoms with Crippen LogP contribution in [0.4, 0.5) is 4.39 Å². The van der Waals surface area contributed by atoms with Gasteiger partial charge in [-0.25, -0.2) is 4.39 Å². The van der Waals surface area contributed by atoms with Crippen molar-refractivity contribution in [1.82, 2.24) is 4.98 Å². The highest BCUT2D eigenvalue weighted by molar-refractivity contribution is 7.23. The van der Waals surface area contributed by atoms with Gasteiger partial charge >= 0.3 is 0 Å². The van der Waals surface area contributed by atoms with Crippen molar-refractivity contribution in [3.8, 4) is 33.8 Å². The topological polar surface area (TPSA) is 62.3 Å². The number of hydrogen-bond acceptors (Lipinski definition) is 4.